The fourth-order valence-corrected chi connectivity index (χ4v) is 3.95. The predicted molar refractivity (Wildman–Crippen MR) is 114 cm³/mol. The zero-order valence-electron chi connectivity index (χ0n) is 15.9. The molecule has 0 bridgehead atoms. The number of nitrogens with one attached hydrogen (secondary N) is 1. The molecule has 0 saturated carbocycles. The van der Waals surface area contributed by atoms with Gasteiger partial charge < -0.3 is 9.47 Å². The van der Waals surface area contributed by atoms with E-state index in [0.717, 1.165) is 29.0 Å². The van der Waals surface area contributed by atoms with Crippen molar-refractivity contribution in [1.82, 2.24) is 4.98 Å². The molecule has 0 atom stereocenters. The maximum absolute atomic E-state index is 12.5. The number of hydrogen-bond donors (Lipinski definition) is 1. The van der Waals surface area contributed by atoms with Crippen molar-refractivity contribution in [3.05, 3.63) is 57.9 Å². The first-order valence-electron chi connectivity index (χ1n) is 8.84. The highest BCUT2D eigenvalue weighted by atomic mass is 35.5. The quantitative estimate of drug-likeness (QED) is 0.537. The molecule has 3 rings (SSSR count). The number of hydrogen-bond acceptors (Lipinski definition) is 5. The Morgan fingerprint density at radius 1 is 1.11 bits per heavy atom. The summed E-state index contributed by atoms with van der Waals surface area (Å²) in [6.45, 7) is 2.11. The molecule has 0 saturated heterocycles. The molecule has 0 fully saturated rings. The van der Waals surface area contributed by atoms with Crippen molar-refractivity contribution in [2.45, 2.75) is 19.8 Å². The Kier molecular flexibility index (Phi) is 6.54. The summed E-state index contributed by atoms with van der Waals surface area (Å²) < 4.78 is 10.7. The molecule has 1 heterocycles. The van der Waals surface area contributed by atoms with Gasteiger partial charge in [0, 0.05) is 27.1 Å². The number of ether oxygens (including phenoxy) is 2. The summed E-state index contributed by atoms with van der Waals surface area (Å²) in [4.78, 5) is 18.3. The van der Waals surface area contributed by atoms with Crippen molar-refractivity contribution < 1.29 is 14.3 Å². The van der Waals surface area contributed by atoms with Crippen molar-refractivity contribution in [3.8, 4) is 22.8 Å². The molecule has 28 heavy (non-hydrogen) atoms. The zero-order valence-corrected chi connectivity index (χ0v) is 17.5. The monoisotopic (exact) mass is 416 g/mol. The second-order valence-electron chi connectivity index (χ2n) is 6.10. The van der Waals surface area contributed by atoms with E-state index in [9.17, 15) is 4.79 Å². The van der Waals surface area contributed by atoms with E-state index >= 15 is 0 Å². The number of anilines is 1. The number of nitrogens with zero attached hydrogens (tertiary/aromatic N) is 1. The molecule has 0 aliphatic heterocycles. The van der Waals surface area contributed by atoms with Crippen LogP contribution in [0.5, 0.6) is 11.5 Å². The van der Waals surface area contributed by atoms with Gasteiger partial charge in [0.15, 0.2) is 5.13 Å². The molecule has 2 aromatic carbocycles. The Morgan fingerprint density at radius 2 is 1.75 bits per heavy atom. The zero-order chi connectivity index (χ0) is 20.1. The molecule has 0 radical (unpaired) electrons. The van der Waals surface area contributed by atoms with Gasteiger partial charge in [0.25, 0.3) is 5.91 Å². The minimum atomic E-state index is -0.219. The average Bonchev–Trinajstić information content (AvgIpc) is 3.10. The SMILES string of the molecule is CCCc1sc(NC(=O)c2ccc(Cl)cc2)nc1-c1cc(OC)cc(OC)c1. The number of carbonyl (C=O) groups excluding carboxylic acids is 1. The summed E-state index contributed by atoms with van der Waals surface area (Å²) in [5, 5.41) is 4.03. The number of rotatable bonds is 7. The van der Waals surface area contributed by atoms with Gasteiger partial charge in [-0.25, -0.2) is 4.98 Å². The minimum absolute atomic E-state index is 0.219. The molecule has 0 spiro atoms. The highest BCUT2D eigenvalue weighted by Gasteiger charge is 2.17. The number of thiazole rings is 1. The number of methoxy groups -OCH3 is 2. The van der Waals surface area contributed by atoms with Gasteiger partial charge >= 0.3 is 0 Å². The predicted octanol–water partition coefficient (Wildman–Crippen LogP) is 5.69. The van der Waals surface area contributed by atoms with Crippen LogP contribution >= 0.6 is 22.9 Å². The second kappa shape index (κ2) is 9.08. The van der Waals surface area contributed by atoms with Gasteiger partial charge in [-0.15, -0.1) is 11.3 Å². The summed E-state index contributed by atoms with van der Waals surface area (Å²) >= 11 is 7.37. The summed E-state index contributed by atoms with van der Waals surface area (Å²) in [6, 6.07) is 12.4. The van der Waals surface area contributed by atoms with E-state index in [1.165, 1.54) is 11.3 Å². The normalized spacial score (nSPS) is 10.6. The van der Waals surface area contributed by atoms with E-state index < -0.39 is 0 Å². The van der Waals surface area contributed by atoms with Crippen molar-refractivity contribution in [2.24, 2.45) is 0 Å². The molecule has 1 aromatic heterocycles. The molecular formula is C21H21ClN2O3S. The van der Waals surface area contributed by atoms with E-state index in [1.807, 2.05) is 18.2 Å². The van der Waals surface area contributed by atoms with Crippen molar-refractivity contribution in [1.29, 1.82) is 0 Å². The summed E-state index contributed by atoms with van der Waals surface area (Å²) in [5.74, 6) is 1.16. The van der Waals surface area contributed by atoms with E-state index in [1.54, 1.807) is 38.5 Å². The molecule has 7 heteroatoms. The van der Waals surface area contributed by atoms with Gasteiger partial charge in [-0.3, -0.25) is 10.1 Å². The minimum Gasteiger partial charge on any atom is -0.497 e. The van der Waals surface area contributed by atoms with Crippen LogP contribution in [0.2, 0.25) is 5.02 Å². The molecule has 5 nitrogen and oxygen atoms in total. The number of aryl methyl sites for hydroxylation is 1. The lowest BCUT2D eigenvalue weighted by atomic mass is 10.1. The molecule has 0 aliphatic rings. The van der Waals surface area contributed by atoms with Crippen LogP contribution in [-0.4, -0.2) is 25.1 Å². The van der Waals surface area contributed by atoms with Crippen LogP contribution in [-0.2, 0) is 6.42 Å². The number of amides is 1. The Labute approximate surface area is 173 Å². The standard InChI is InChI=1S/C21H21ClN2O3S/c1-4-5-18-19(14-10-16(26-2)12-17(11-14)27-3)23-21(28-18)24-20(25)13-6-8-15(22)9-7-13/h6-12H,4-5H2,1-3H3,(H,23,24,25). The number of benzene rings is 2. The third-order valence-electron chi connectivity index (χ3n) is 4.13. The van der Waals surface area contributed by atoms with Crippen molar-refractivity contribution >= 4 is 34.0 Å². The fraction of sp³-hybridized carbons (Fsp3) is 0.238. The third kappa shape index (κ3) is 4.64. The Morgan fingerprint density at radius 3 is 2.32 bits per heavy atom. The summed E-state index contributed by atoms with van der Waals surface area (Å²) in [6.07, 6.45) is 1.84. The largest absolute Gasteiger partial charge is 0.497 e. The maximum atomic E-state index is 12.5. The van der Waals surface area contributed by atoms with Gasteiger partial charge in [-0.05, 0) is 42.8 Å². The van der Waals surface area contributed by atoms with Crippen LogP contribution in [0, 0.1) is 0 Å². The highest BCUT2D eigenvalue weighted by Crippen LogP contribution is 2.36. The average molecular weight is 417 g/mol. The van der Waals surface area contributed by atoms with Crippen molar-refractivity contribution in [3.63, 3.8) is 0 Å². The Bertz CT molecular complexity index is 948. The molecule has 1 amide bonds. The fourth-order valence-electron chi connectivity index (χ4n) is 2.74. The molecule has 0 aliphatic carbocycles. The first-order valence-corrected chi connectivity index (χ1v) is 10.0. The van der Waals surface area contributed by atoms with E-state index in [-0.39, 0.29) is 5.91 Å². The third-order valence-corrected chi connectivity index (χ3v) is 5.41. The van der Waals surface area contributed by atoms with Crippen LogP contribution in [0.15, 0.2) is 42.5 Å². The lowest BCUT2D eigenvalue weighted by Gasteiger charge is -2.08. The smallest absolute Gasteiger partial charge is 0.257 e. The number of aromatic nitrogens is 1. The molecular weight excluding hydrogens is 396 g/mol. The van der Waals surface area contributed by atoms with Crippen LogP contribution in [0.4, 0.5) is 5.13 Å². The molecule has 146 valence electrons. The molecule has 3 aromatic rings. The Hall–Kier alpha value is -2.57. The molecule has 0 unspecified atom stereocenters. The molecule has 1 N–H and O–H groups in total. The van der Waals surface area contributed by atoms with Gasteiger partial charge in [-0.2, -0.15) is 0 Å². The topological polar surface area (TPSA) is 60.5 Å². The van der Waals surface area contributed by atoms with Crippen LogP contribution < -0.4 is 14.8 Å². The van der Waals surface area contributed by atoms with Gasteiger partial charge in [0.1, 0.15) is 11.5 Å². The van der Waals surface area contributed by atoms with Gasteiger partial charge in [-0.1, -0.05) is 24.9 Å². The Balaban J connectivity index is 1.93. The van der Waals surface area contributed by atoms with E-state index in [0.29, 0.717) is 27.2 Å². The lowest BCUT2D eigenvalue weighted by molar-refractivity contribution is 0.102. The van der Waals surface area contributed by atoms with Gasteiger partial charge in [0.05, 0.1) is 19.9 Å². The van der Waals surface area contributed by atoms with Crippen LogP contribution in [0.3, 0.4) is 0 Å². The second-order valence-corrected chi connectivity index (χ2v) is 7.62. The first-order chi connectivity index (χ1) is 13.5. The van der Waals surface area contributed by atoms with E-state index in [4.69, 9.17) is 21.1 Å². The number of carbonyl (C=O) groups is 1. The summed E-state index contributed by atoms with van der Waals surface area (Å²) in [5.41, 5.74) is 2.25. The van der Waals surface area contributed by atoms with Crippen LogP contribution in [0.25, 0.3) is 11.3 Å². The number of halogens is 1. The van der Waals surface area contributed by atoms with Crippen LogP contribution in [0.1, 0.15) is 28.6 Å². The lowest BCUT2D eigenvalue weighted by Crippen LogP contribution is -2.11. The van der Waals surface area contributed by atoms with Crippen molar-refractivity contribution in [2.75, 3.05) is 19.5 Å². The summed E-state index contributed by atoms with van der Waals surface area (Å²) in [7, 11) is 3.23. The highest BCUT2D eigenvalue weighted by molar-refractivity contribution is 7.16. The van der Waals surface area contributed by atoms with Gasteiger partial charge in [0.2, 0.25) is 0 Å². The first kappa shape index (κ1) is 20.2. The van der Waals surface area contributed by atoms with E-state index in [2.05, 4.69) is 17.2 Å². The maximum Gasteiger partial charge on any atom is 0.257 e.